The third-order valence-corrected chi connectivity index (χ3v) is 8.60. The molecule has 1 atom stereocenters. The largest absolute Gasteiger partial charge is 0.481 e. The Morgan fingerprint density at radius 2 is 1.82 bits per heavy atom. The lowest BCUT2D eigenvalue weighted by molar-refractivity contribution is -0.141. The van der Waals surface area contributed by atoms with Crippen LogP contribution in [0.2, 0.25) is 0 Å². The van der Waals surface area contributed by atoms with Crippen LogP contribution in [-0.2, 0) is 16.6 Å². The van der Waals surface area contributed by atoms with Crippen LogP contribution in [0.15, 0.2) is 48.1 Å². The summed E-state index contributed by atoms with van der Waals surface area (Å²) in [5, 5.41) is 12.2. The number of benzene rings is 1. The lowest BCUT2D eigenvalue weighted by Gasteiger charge is -2.26. The van der Waals surface area contributed by atoms with E-state index in [1.807, 2.05) is 53.5 Å². The fourth-order valence-electron chi connectivity index (χ4n) is 5.68. The molecule has 1 aromatic carbocycles. The Kier molecular flexibility index (Phi) is 6.69. The fraction of sp³-hybridized carbons (Fsp3) is 0.414. The smallest absolute Gasteiger partial charge is 0.304 e. The Balaban J connectivity index is 1.31. The SMILES string of the molecule is Cn1ccc2nc(-c3ccccc3-c3csc(N(C(=O)C(CC(=O)O)CC4CCCC4)C4CC4)n3)cnc21. The molecule has 1 amide bonds. The summed E-state index contributed by atoms with van der Waals surface area (Å²) in [5.41, 5.74) is 5.06. The van der Waals surface area contributed by atoms with Crippen LogP contribution in [0, 0.1) is 11.8 Å². The van der Waals surface area contributed by atoms with E-state index in [2.05, 4.69) is 4.98 Å². The minimum Gasteiger partial charge on any atom is -0.481 e. The van der Waals surface area contributed by atoms with Gasteiger partial charge in [-0.25, -0.2) is 15.0 Å². The van der Waals surface area contributed by atoms with Gasteiger partial charge in [0.25, 0.3) is 0 Å². The van der Waals surface area contributed by atoms with Gasteiger partial charge in [0.1, 0.15) is 5.52 Å². The van der Waals surface area contributed by atoms with Crippen LogP contribution in [0.3, 0.4) is 0 Å². The summed E-state index contributed by atoms with van der Waals surface area (Å²) in [5.74, 6) is -1.08. The number of aromatic nitrogens is 4. The molecule has 3 aromatic heterocycles. The number of carboxylic acid groups (broad SMARTS) is 1. The van der Waals surface area contributed by atoms with E-state index in [1.54, 1.807) is 11.1 Å². The normalized spacial score (nSPS) is 16.7. The number of carboxylic acids is 1. The van der Waals surface area contributed by atoms with Gasteiger partial charge in [0.05, 0.1) is 24.0 Å². The molecule has 2 saturated carbocycles. The molecule has 2 aliphatic carbocycles. The third-order valence-electron chi connectivity index (χ3n) is 7.76. The molecule has 38 heavy (non-hydrogen) atoms. The fourth-order valence-corrected chi connectivity index (χ4v) is 6.58. The van der Waals surface area contributed by atoms with Crippen LogP contribution >= 0.6 is 11.3 Å². The highest BCUT2D eigenvalue weighted by atomic mass is 32.1. The molecule has 6 rings (SSSR count). The quantitative estimate of drug-likeness (QED) is 0.289. The highest BCUT2D eigenvalue weighted by Gasteiger charge is 2.40. The maximum absolute atomic E-state index is 13.8. The zero-order chi connectivity index (χ0) is 26.2. The first-order valence-electron chi connectivity index (χ1n) is 13.4. The van der Waals surface area contributed by atoms with E-state index < -0.39 is 11.9 Å². The first kappa shape index (κ1) is 24.7. The van der Waals surface area contributed by atoms with Crippen molar-refractivity contribution in [2.24, 2.45) is 18.9 Å². The molecule has 196 valence electrons. The highest BCUT2D eigenvalue weighted by Crippen LogP contribution is 2.40. The van der Waals surface area contributed by atoms with E-state index in [0.29, 0.717) is 17.5 Å². The van der Waals surface area contributed by atoms with E-state index in [9.17, 15) is 14.7 Å². The first-order valence-corrected chi connectivity index (χ1v) is 14.2. The number of thiazole rings is 1. The van der Waals surface area contributed by atoms with Gasteiger partial charge in [-0.2, -0.15) is 0 Å². The van der Waals surface area contributed by atoms with Crippen LogP contribution in [0.1, 0.15) is 51.4 Å². The molecule has 0 radical (unpaired) electrons. The van der Waals surface area contributed by atoms with Crippen LogP contribution in [-0.4, -0.2) is 42.5 Å². The topological polar surface area (TPSA) is 101 Å². The van der Waals surface area contributed by atoms with Gasteiger partial charge in [-0.05, 0) is 31.2 Å². The predicted molar refractivity (Wildman–Crippen MR) is 148 cm³/mol. The van der Waals surface area contributed by atoms with Crippen LogP contribution in [0.5, 0.6) is 0 Å². The van der Waals surface area contributed by atoms with E-state index in [0.717, 1.165) is 59.4 Å². The maximum Gasteiger partial charge on any atom is 0.304 e. The summed E-state index contributed by atoms with van der Waals surface area (Å²) < 4.78 is 1.94. The molecular weight excluding hydrogens is 498 g/mol. The van der Waals surface area contributed by atoms with Crippen LogP contribution < -0.4 is 4.90 Å². The predicted octanol–water partition coefficient (Wildman–Crippen LogP) is 5.93. The molecule has 0 spiro atoms. The minimum absolute atomic E-state index is 0.0867. The molecule has 1 unspecified atom stereocenters. The van der Waals surface area contributed by atoms with E-state index in [-0.39, 0.29) is 18.4 Å². The summed E-state index contributed by atoms with van der Waals surface area (Å²) in [7, 11) is 1.95. The number of fused-ring (bicyclic) bond motifs is 1. The molecule has 9 heteroatoms. The zero-order valence-corrected chi connectivity index (χ0v) is 22.2. The van der Waals surface area contributed by atoms with Gasteiger partial charge >= 0.3 is 5.97 Å². The molecule has 0 aliphatic heterocycles. The molecule has 8 nitrogen and oxygen atoms in total. The van der Waals surface area contributed by atoms with Gasteiger partial charge in [-0.15, -0.1) is 11.3 Å². The summed E-state index contributed by atoms with van der Waals surface area (Å²) in [6.45, 7) is 0. The number of carbonyl (C=O) groups is 2. The molecule has 0 saturated heterocycles. The third kappa shape index (κ3) is 4.95. The Labute approximate surface area is 225 Å². The number of aliphatic carboxylic acids is 1. The zero-order valence-electron chi connectivity index (χ0n) is 21.4. The highest BCUT2D eigenvalue weighted by molar-refractivity contribution is 7.14. The second kappa shape index (κ2) is 10.3. The summed E-state index contributed by atoms with van der Waals surface area (Å²) in [6.07, 6.45) is 10.6. The van der Waals surface area contributed by atoms with Crippen LogP contribution in [0.4, 0.5) is 5.13 Å². The van der Waals surface area contributed by atoms with Crippen molar-refractivity contribution in [1.82, 2.24) is 19.5 Å². The Bertz CT molecular complexity index is 1480. The summed E-state index contributed by atoms with van der Waals surface area (Å²) in [4.78, 5) is 41.7. The summed E-state index contributed by atoms with van der Waals surface area (Å²) >= 11 is 1.45. The Hall–Kier alpha value is -3.59. The first-order chi connectivity index (χ1) is 18.5. The molecule has 0 bridgehead atoms. The number of hydrogen-bond donors (Lipinski definition) is 1. The number of anilines is 1. The number of amides is 1. The molecule has 4 aromatic rings. The van der Waals surface area contributed by atoms with Gasteiger partial charge < -0.3 is 9.67 Å². The number of carbonyl (C=O) groups excluding carboxylic acids is 1. The average molecular weight is 530 g/mol. The molecule has 2 fully saturated rings. The van der Waals surface area contributed by atoms with Crippen molar-refractivity contribution >= 4 is 39.5 Å². The standard InChI is InChI=1S/C29H31N5O3S/c1-33-13-12-23-27(33)30-16-24(31-23)21-8-4-5-9-22(21)25-17-38-29(32-25)34(20-10-11-20)28(37)19(15-26(35)36)14-18-6-2-3-7-18/h4-5,8-9,12-13,16-20H,2-3,6-7,10-11,14-15H2,1H3,(H,35,36). The van der Waals surface area contributed by atoms with E-state index >= 15 is 0 Å². The van der Waals surface area contributed by atoms with Gasteiger partial charge in [0.15, 0.2) is 10.8 Å². The van der Waals surface area contributed by atoms with Crippen LogP contribution in [0.25, 0.3) is 33.7 Å². The average Bonchev–Trinajstić information content (AvgIpc) is 3.27. The van der Waals surface area contributed by atoms with Crippen molar-refractivity contribution in [3.05, 3.63) is 48.1 Å². The van der Waals surface area contributed by atoms with Crippen molar-refractivity contribution in [3.63, 3.8) is 0 Å². The van der Waals surface area contributed by atoms with Crippen molar-refractivity contribution in [2.45, 2.75) is 57.4 Å². The number of hydrogen-bond acceptors (Lipinski definition) is 6. The Morgan fingerprint density at radius 1 is 1.08 bits per heavy atom. The lowest BCUT2D eigenvalue weighted by Crippen LogP contribution is -2.39. The molecule has 2 aliphatic rings. The van der Waals surface area contributed by atoms with E-state index in [1.165, 1.54) is 24.2 Å². The molecule has 1 N–H and O–H groups in total. The van der Waals surface area contributed by atoms with Gasteiger partial charge in [0, 0.05) is 41.7 Å². The number of nitrogens with zero attached hydrogens (tertiary/aromatic N) is 5. The number of aryl methyl sites for hydroxylation is 1. The van der Waals surface area contributed by atoms with Crippen molar-refractivity contribution in [3.8, 4) is 22.5 Å². The number of rotatable bonds is 9. The minimum atomic E-state index is -0.914. The second-order valence-corrected chi connectivity index (χ2v) is 11.4. The second-order valence-electron chi connectivity index (χ2n) is 10.6. The van der Waals surface area contributed by atoms with Crippen molar-refractivity contribution in [2.75, 3.05) is 4.90 Å². The van der Waals surface area contributed by atoms with Crippen molar-refractivity contribution in [1.29, 1.82) is 0 Å². The molecule has 3 heterocycles. The van der Waals surface area contributed by atoms with E-state index in [4.69, 9.17) is 9.97 Å². The lowest BCUT2D eigenvalue weighted by atomic mass is 9.90. The molecular formula is C29H31N5O3S. The Morgan fingerprint density at radius 3 is 2.53 bits per heavy atom. The summed E-state index contributed by atoms with van der Waals surface area (Å²) in [6, 6.07) is 10.0. The monoisotopic (exact) mass is 529 g/mol. The van der Waals surface area contributed by atoms with Crippen molar-refractivity contribution < 1.29 is 14.7 Å². The van der Waals surface area contributed by atoms with Gasteiger partial charge in [-0.1, -0.05) is 49.9 Å². The maximum atomic E-state index is 13.8. The van der Waals surface area contributed by atoms with Gasteiger partial charge in [0.2, 0.25) is 5.91 Å². The van der Waals surface area contributed by atoms with Gasteiger partial charge in [-0.3, -0.25) is 14.5 Å².